The Balaban J connectivity index is 1.61. The zero-order chi connectivity index (χ0) is 26.0. The third kappa shape index (κ3) is 5.21. The molecule has 188 valence electrons. The van der Waals surface area contributed by atoms with E-state index in [0.29, 0.717) is 43.8 Å². The molecule has 2 N–H and O–H groups in total. The number of benzene rings is 1. The lowest BCUT2D eigenvalue weighted by Gasteiger charge is -2.16. The van der Waals surface area contributed by atoms with Gasteiger partial charge in [0.25, 0.3) is 11.5 Å². The first-order valence-corrected chi connectivity index (χ1v) is 13.3. The first-order valence-electron chi connectivity index (χ1n) is 11.7. The molecule has 3 aromatic heterocycles. The van der Waals surface area contributed by atoms with E-state index in [1.54, 1.807) is 6.92 Å². The Morgan fingerprint density at radius 3 is 2.53 bits per heavy atom. The van der Waals surface area contributed by atoms with Crippen LogP contribution in [0.1, 0.15) is 59.0 Å². The fraction of sp³-hybridized carbons (Fsp3) is 0.360. The van der Waals surface area contributed by atoms with Gasteiger partial charge in [-0.05, 0) is 43.4 Å². The van der Waals surface area contributed by atoms with Gasteiger partial charge in [0.15, 0.2) is 0 Å². The number of carbonyl (C=O) groups is 2. The van der Waals surface area contributed by atoms with Gasteiger partial charge in [0.1, 0.15) is 15.9 Å². The van der Waals surface area contributed by atoms with Crippen LogP contribution in [0, 0.1) is 19.8 Å². The highest BCUT2D eigenvalue weighted by molar-refractivity contribution is 7.20. The van der Waals surface area contributed by atoms with Gasteiger partial charge in [0, 0.05) is 12.1 Å². The molecule has 4 aromatic rings. The van der Waals surface area contributed by atoms with E-state index >= 15 is 0 Å². The van der Waals surface area contributed by atoms with Crippen LogP contribution in [0.4, 0.5) is 10.8 Å². The largest absolute Gasteiger partial charge is 0.321 e. The number of rotatable bonds is 8. The van der Waals surface area contributed by atoms with Crippen LogP contribution in [-0.4, -0.2) is 31.6 Å². The van der Waals surface area contributed by atoms with Crippen molar-refractivity contribution < 1.29 is 9.59 Å². The number of amides is 2. The Kier molecular flexibility index (Phi) is 7.60. The average Bonchev–Trinajstić information content (AvgIpc) is 3.40. The number of fused-ring (bicyclic) bond motifs is 1. The molecule has 0 aliphatic heterocycles. The molecule has 0 aliphatic rings. The van der Waals surface area contributed by atoms with E-state index in [1.807, 2.05) is 38.1 Å². The van der Waals surface area contributed by atoms with Gasteiger partial charge in [0.05, 0.1) is 16.6 Å². The first kappa shape index (κ1) is 25.6. The summed E-state index contributed by atoms with van der Waals surface area (Å²) in [5.74, 6) is -0.230. The molecule has 0 radical (unpaired) electrons. The molecule has 1 atom stereocenters. The van der Waals surface area contributed by atoms with Crippen LogP contribution in [0.25, 0.3) is 10.2 Å². The van der Waals surface area contributed by atoms with Crippen molar-refractivity contribution in [2.45, 2.75) is 53.5 Å². The maximum absolute atomic E-state index is 13.5. The van der Waals surface area contributed by atoms with Crippen LogP contribution in [-0.2, 0) is 11.2 Å². The normalized spacial score (nSPS) is 12.2. The van der Waals surface area contributed by atoms with Crippen molar-refractivity contribution in [3.8, 4) is 0 Å². The topological polar surface area (TPSA) is 119 Å². The van der Waals surface area contributed by atoms with Gasteiger partial charge in [-0.2, -0.15) is 0 Å². The summed E-state index contributed by atoms with van der Waals surface area (Å²) in [6.45, 7) is 9.65. The number of anilines is 2. The van der Waals surface area contributed by atoms with Crippen molar-refractivity contribution in [1.29, 1.82) is 0 Å². The quantitative estimate of drug-likeness (QED) is 0.336. The lowest BCUT2D eigenvalue weighted by molar-refractivity contribution is -0.119. The molecular weight excluding hydrogens is 496 g/mol. The van der Waals surface area contributed by atoms with E-state index in [4.69, 9.17) is 0 Å². The van der Waals surface area contributed by atoms with Gasteiger partial charge in [-0.25, -0.2) is 4.98 Å². The molecule has 0 saturated carbocycles. The van der Waals surface area contributed by atoms with Gasteiger partial charge in [-0.1, -0.05) is 50.3 Å². The summed E-state index contributed by atoms with van der Waals surface area (Å²) in [5.41, 5.74) is 1.84. The number of hydrogen-bond acceptors (Lipinski definition) is 8. The predicted octanol–water partition coefficient (Wildman–Crippen LogP) is 4.97. The van der Waals surface area contributed by atoms with E-state index in [1.165, 1.54) is 22.2 Å². The van der Waals surface area contributed by atoms with Gasteiger partial charge in [0.2, 0.25) is 11.0 Å². The Labute approximate surface area is 216 Å². The predicted molar refractivity (Wildman–Crippen MR) is 144 cm³/mol. The van der Waals surface area contributed by atoms with Gasteiger partial charge in [-0.3, -0.25) is 24.3 Å². The summed E-state index contributed by atoms with van der Waals surface area (Å²) in [4.78, 5) is 44.9. The Morgan fingerprint density at radius 2 is 1.83 bits per heavy atom. The zero-order valence-corrected chi connectivity index (χ0v) is 22.4. The van der Waals surface area contributed by atoms with Crippen molar-refractivity contribution >= 4 is 55.5 Å². The van der Waals surface area contributed by atoms with E-state index in [-0.39, 0.29) is 17.4 Å². The molecule has 36 heavy (non-hydrogen) atoms. The summed E-state index contributed by atoms with van der Waals surface area (Å²) in [5, 5.41) is 15.5. The highest BCUT2D eigenvalue weighted by Gasteiger charge is 2.25. The molecule has 11 heteroatoms. The Hall–Kier alpha value is -3.44. The Morgan fingerprint density at radius 1 is 1.08 bits per heavy atom. The van der Waals surface area contributed by atoms with Crippen molar-refractivity contribution in [2.75, 3.05) is 10.6 Å². The molecular formula is C25H28N6O3S2. The number of carbonyl (C=O) groups excluding carboxylic acids is 2. The monoisotopic (exact) mass is 524 g/mol. The minimum atomic E-state index is -0.782. The summed E-state index contributed by atoms with van der Waals surface area (Å²) < 4.78 is 1.33. The maximum Gasteiger partial charge on any atom is 0.266 e. The van der Waals surface area contributed by atoms with Gasteiger partial charge >= 0.3 is 0 Å². The third-order valence-corrected chi connectivity index (χ3v) is 7.84. The molecule has 0 bridgehead atoms. The Bertz CT molecular complexity index is 1490. The summed E-state index contributed by atoms with van der Waals surface area (Å²) in [6.07, 6.45) is 2.53. The van der Waals surface area contributed by atoms with Crippen molar-refractivity contribution in [1.82, 2.24) is 19.7 Å². The number of aryl methyl sites for hydroxylation is 2. The second-order valence-electron chi connectivity index (χ2n) is 8.97. The first-order chi connectivity index (χ1) is 17.2. The maximum atomic E-state index is 13.5. The average molecular weight is 525 g/mol. The van der Waals surface area contributed by atoms with Gasteiger partial charge < -0.3 is 5.32 Å². The highest BCUT2D eigenvalue weighted by atomic mass is 32.1. The van der Waals surface area contributed by atoms with E-state index in [2.05, 4.69) is 39.7 Å². The van der Waals surface area contributed by atoms with E-state index in [9.17, 15) is 14.4 Å². The standard InChI is InChI=1S/C25H28N6O3S2/c1-6-17(21(32)28-25-30-29-18(35-25)11-13(2)3)31-12-26-23-19(24(31)34)15(5)20(36-23)22(33)27-16-10-8-7-9-14(16)4/h7-10,12-13,17H,6,11H2,1-5H3,(H,27,33)(H,28,30,32). The van der Waals surface area contributed by atoms with Crippen LogP contribution in [0.2, 0.25) is 0 Å². The van der Waals surface area contributed by atoms with Gasteiger partial charge in [-0.15, -0.1) is 21.5 Å². The van der Waals surface area contributed by atoms with E-state index < -0.39 is 6.04 Å². The molecule has 4 rings (SSSR count). The SMILES string of the molecule is CCC(C(=O)Nc1nnc(CC(C)C)s1)n1cnc2sc(C(=O)Nc3ccccc3C)c(C)c2c1=O. The van der Waals surface area contributed by atoms with E-state index in [0.717, 1.165) is 28.3 Å². The molecule has 9 nitrogen and oxygen atoms in total. The van der Waals surface area contributed by atoms with Crippen molar-refractivity contribution in [3.63, 3.8) is 0 Å². The second-order valence-corrected chi connectivity index (χ2v) is 11.0. The van der Waals surface area contributed by atoms with Crippen molar-refractivity contribution in [3.05, 3.63) is 62.0 Å². The highest BCUT2D eigenvalue weighted by Crippen LogP contribution is 2.29. The minimum absolute atomic E-state index is 0.297. The lowest BCUT2D eigenvalue weighted by atomic mass is 10.1. The second kappa shape index (κ2) is 10.7. The molecule has 1 unspecified atom stereocenters. The van der Waals surface area contributed by atoms with Crippen LogP contribution >= 0.6 is 22.7 Å². The fourth-order valence-corrected chi connectivity index (χ4v) is 5.89. The minimum Gasteiger partial charge on any atom is -0.321 e. The number of aromatic nitrogens is 4. The summed E-state index contributed by atoms with van der Waals surface area (Å²) >= 11 is 2.49. The molecule has 0 saturated heterocycles. The molecule has 0 spiro atoms. The number of nitrogens with zero attached hydrogens (tertiary/aromatic N) is 4. The van der Waals surface area contributed by atoms with Crippen LogP contribution in [0.5, 0.6) is 0 Å². The fourth-order valence-electron chi connectivity index (χ4n) is 3.90. The molecule has 2 amide bonds. The molecule has 3 heterocycles. The van der Waals surface area contributed by atoms with Crippen LogP contribution in [0.3, 0.4) is 0 Å². The molecule has 1 aromatic carbocycles. The molecule has 0 aliphatic carbocycles. The number of hydrogen-bond donors (Lipinski definition) is 2. The summed E-state index contributed by atoms with van der Waals surface area (Å²) in [7, 11) is 0. The summed E-state index contributed by atoms with van der Waals surface area (Å²) in [6, 6.07) is 6.71. The van der Waals surface area contributed by atoms with Crippen LogP contribution < -0.4 is 16.2 Å². The molecule has 0 fully saturated rings. The smallest absolute Gasteiger partial charge is 0.266 e. The zero-order valence-electron chi connectivity index (χ0n) is 20.8. The number of thiophene rings is 1. The van der Waals surface area contributed by atoms with Crippen molar-refractivity contribution in [2.24, 2.45) is 5.92 Å². The third-order valence-electron chi connectivity index (χ3n) is 5.78. The number of nitrogens with one attached hydrogen (secondary N) is 2. The van der Waals surface area contributed by atoms with Crippen LogP contribution in [0.15, 0.2) is 35.4 Å². The lowest BCUT2D eigenvalue weighted by Crippen LogP contribution is -2.33. The number of para-hydroxylation sites is 1.